The zero-order valence-corrected chi connectivity index (χ0v) is 10.2. The monoisotopic (exact) mass is 213 g/mol. The first-order valence-corrected chi connectivity index (χ1v) is 7.31. The maximum Gasteiger partial charge on any atom is 0.00684 e. The largest absolute Gasteiger partial charge is 0.313 e. The normalized spacial score (nSPS) is 24.6. The maximum atomic E-state index is 3.72. The first-order chi connectivity index (χ1) is 6.85. The van der Waals surface area contributed by atoms with Gasteiger partial charge in [0, 0.05) is 12.6 Å². The van der Waals surface area contributed by atoms with Gasteiger partial charge < -0.3 is 5.32 Å². The van der Waals surface area contributed by atoms with Gasteiger partial charge in [0.25, 0.3) is 0 Å². The topological polar surface area (TPSA) is 12.0 Å². The van der Waals surface area contributed by atoms with E-state index >= 15 is 0 Å². The van der Waals surface area contributed by atoms with Crippen LogP contribution in [0.25, 0.3) is 0 Å². The van der Waals surface area contributed by atoms with Gasteiger partial charge in [-0.2, -0.15) is 11.8 Å². The third-order valence-corrected chi connectivity index (χ3v) is 4.64. The molecule has 1 N–H and O–H groups in total. The van der Waals surface area contributed by atoms with Gasteiger partial charge in [-0.3, -0.25) is 0 Å². The number of rotatable bonds is 7. The predicted octanol–water partition coefficient (Wildman–Crippen LogP) is 3.05. The van der Waals surface area contributed by atoms with Gasteiger partial charge in [-0.1, -0.05) is 13.3 Å². The minimum Gasteiger partial charge on any atom is -0.313 e. The Kier molecular flexibility index (Phi) is 3.78. The fourth-order valence-electron chi connectivity index (χ4n) is 2.27. The molecule has 2 aliphatic rings. The van der Waals surface area contributed by atoms with Gasteiger partial charge in [-0.05, 0) is 49.0 Å². The van der Waals surface area contributed by atoms with E-state index in [1.54, 1.807) is 0 Å². The Bertz CT molecular complexity index is 173. The van der Waals surface area contributed by atoms with Crippen molar-refractivity contribution in [2.24, 2.45) is 5.41 Å². The standard InChI is InChI=1S/C12H23NS/c1-2-14-9-8-12(6-3-7-12)10-13-11-4-5-11/h11,13H,2-10H2,1H3. The highest BCUT2D eigenvalue weighted by Crippen LogP contribution is 2.44. The van der Waals surface area contributed by atoms with E-state index < -0.39 is 0 Å². The van der Waals surface area contributed by atoms with Gasteiger partial charge in [0.15, 0.2) is 0 Å². The summed E-state index contributed by atoms with van der Waals surface area (Å²) in [6.45, 7) is 3.57. The summed E-state index contributed by atoms with van der Waals surface area (Å²) in [6, 6.07) is 0.895. The van der Waals surface area contributed by atoms with Crippen LogP contribution in [0.3, 0.4) is 0 Å². The van der Waals surface area contributed by atoms with E-state index in [0.29, 0.717) is 5.41 Å². The van der Waals surface area contributed by atoms with Gasteiger partial charge in [0.2, 0.25) is 0 Å². The zero-order chi connectivity index (χ0) is 9.86. The molecule has 0 aliphatic heterocycles. The lowest BCUT2D eigenvalue weighted by atomic mass is 9.67. The average Bonchev–Trinajstić information content (AvgIpc) is 2.92. The zero-order valence-electron chi connectivity index (χ0n) is 9.35. The summed E-state index contributed by atoms with van der Waals surface area (Å²) in [5, 5.41) is 3.72. The molecule has 0 atom stereocenters. The predicted molar refractivity (Wildman–Crippen MR) is 64.9 cm³/mol. The molecule has 1 nitrogen and oxygen atoms in total. The van der Waals surface area contributed by atoms with Crippen LogP contribution in [0.15, 0.2) is 0 Å². The highest BCUT2D eigenvalue weighted by Gasteiger charge is 2.37. The summed E-state index contributed by atoms with van der Waals surface area (Å²) in [5.74, 6) is 2.66. The van der Waals surface area contributed by atoms with Crippen molar-refractivity contribution >= 4 is 11.8 Å². The molecule has 0 aromatic rings. The fourth-order valence-corrected chi connectivity index (χ4v) is 3.14. The quantitative estimate of drug-likeness (QED) is 0.652. The summed E-state index contributed by atoms with van der Waals surface area (Å²) in [7, 11) is 0. The van der Waals surface area contributed by atoms with Crippen molar-refractivity contribution < 1.29 is 0 Å². The second kappa shape index (κ2) is 4.89. The second-order valence-corrected chi connectivity index (χ2v) is 6.35. The molecule has 0 heterocycles. The molecule has 2 heteroatoms. The van der Waals surface area contributed by atoms with Crippen molar-refractivity contribution in [1.82, 2.24) is 5.32 Å². The van der Waals surface area contributed by atoms with Gasteiger partial charge in [0.05, 0.1) is 0 Å². The third-order valence-electron chi connectivity index (χ3n) is 3.74. The molecule has 0 aromatic heterocycles. The van der Waals surface area contributed by atoms with Crippen LogP contribution in [0.4, 0.5) is 0 Å². The van der Waals surface area contributed by atoms with Gasteiger partial charge in [-0.15, -0.1) is 0 Å². The Labute approximate surface area is 92.4 Å². The van der Waals surface area contributed by atoms with Crippen LogP contribution in [0.5, 0.6) is 0 Å². The minimum absolute atomic E-state index is 0.713. The Balaban J connectivity index is 1.65. The number of nitrogens with one attached hydrogen (secondary N) is 1. The first kappa shape index (κ1) is 10.8. The van der Waals surface area contributed by atoms with Crippen LogP contribution in [0, 0.1) is 5.41 Å². The molecule has 0 saturated heterocycles. The van der Waals surface area contributed by atoms with Crippen molar-refractivity contribution in [2.75, 3.05) is 18.1 Å². The molecule has 0 aromatic carbocycles. The van der Waals surface area contributed by atoms with E-state index in [9.17, 15) is 0 Å². The van der Waals surface area contributed by atoms with Crippen LogP contribution in [0.2, 0.25) is 0 Å². The van der Waals surface area contributed by atoms with E-state index in [-0.39, 0.29) is 0 Å². The van der Waals surface area contributed by atoms with Crippen LogP contribution < -0.4 is 5.32 Å². The Morgan fingerprint density at radius 3 is 2.64 bits per heavy atom. The van der Waals surface area contributed by atoms with Gasteiger partial charge in [0.1, 0.15) is 0 Å². The van der Waals surface area contributed by atoms with E-state index in [4.69, 9.17) is 0 Å². The molecule has 2 saturated carbocycles. The molecule has 14 heavy (non-hydrogen) atoms. The second-order valence-electron chi connectivity index (χ2n) is 4.96. The Morgan fingerprint density at radius 1 is 1.36 bits per heavy atom. The van der Waals surface area contributed by atoms with Crippen LogP contribution in [0.1, 0.15) is 45.4 Å². The van der Waals surface area contributed by atoms with Crippen molar-refractivity contribution in [2.45, 2.75) is 51.5 Å². The molecular formula is C12H23NS. The Hall–Kier alpha value is 0.310. The highest BCUT2D eigenvalue weighted by molar-refractivity contribution is 7.99. The molecule has 0 unspecified atom stereocenters. The molecule has 0 radical (unpaired) electrons. The number of hydrogen-bond acceptors (Lipinski definition) is 2. The van der Waals surface area contributed by atoms with Crippen molar-refractivity contribution in [1.29, 1.82) is 0 Å². The van der Waals surface area contributed by atoms with Gasteiger partial charge in [-0.25, -0.2) is 0 Å². The number of thioether (sulfide) groups is 1. The lowest BCUT2D eigenvalue weighted by Crippen LogP contribution is -2.41. The molecular weight excluding hydrogens is 190 g/mol. The lowest BCUT2D eigenvalue weighted by molar-refractivity contribution is 0.125. The molecule has 82 valence electrons. The minimum atomic E-state index is 0.713. The molecule has 0 spiro atoms. The van der Waals surface area contributed by atoms with Gasteiger partial charge >= 0.3 is 0 Å². The highest BCUT2D eigenvalue weighted by atomic mass is 32.2. The summed E-state index contributed by atoms with van der Waals surface area (Å²) < 4.78 is 0. The first-order valence-electron chi connectivity index (χ1n) is 6.16. The summed E-state index contributed by atoms with van der Waals surface area (Å²) in [6.07, 6.45) is 8.75. The van der Waals surface area contributed by atoms with Crippen molar-refractivity contribution in [3.8, 4) is 0 Å². The molecule has 0 amide bonds. The summed E-state index contributed by atoms with van der Waals surface area (Å²) >= 11 is 2.11. The van der Waals surface area contributed by atoms with Crippen LogP contribution in [-0.4, -0.2) is 24.1 Å². The molecule has 2 rings (SSSR count). The molecule has 0 bridgehead atoms. The average molecular weight is 213 g/mol. The lowest BCUT2D eigenvalue weighted by Gasteiger charge is -2.42. The fraction of sp³-hybridized carbons (Fsp3) is 1.00. The summed E-state index contributed by atoms with van der Waals surface area (Å²) in [4.78, 5) is 0. The van der Waals surface area contributed by atoms with E-state index in [1.165, 1.54) is 56.6 Å². The van der Waals surface area contributed by atoms with E-state index in [0.717, 1.165) is 6.04 Å². The third kappa shape index (κ3) is 2.90. The number of hydrogen-bond donors (Lipinski definition) is 1. The Morgan fingerprint density at radius 2 is 2.14 bits per heavy atom. The van der Waals surface area contributed by atoms with E-state index in [2.05, 4.69) is 24.0 Å². The maximum absolute atomic E-state index is 3.72. The smallest absolute Gasteiger partial charge is 0.00684 e. The molecule has 2 fully saturated rings. The SMILES string of the molecule is CCSCCC1(CNC2CC2)CCC1. The molecule has 2 aliphatic carbocycles. The van der Waals surface area contributed by atoms with Crippen molar-refractivity contribution in [3.63, 3.8) is 0 Å². The van der Waals surface area contributed by atoms with E-state index in [1.807, 2.05) is 0 Å². The summed E-state index contributed by atoms with van der Waals surface area (Å²) in [5.41, 5.74) is 0.713. The van der Waals surface area contributed by atoms with Crippen molar-refractivity contribution in [3.05, 3.63) is 0 Å². The van der Waals surface area contributed by atoms with Crippen LogP contribution >= 0.6 is 11.8 Å². The van der Waals surface area contributed by atoms with Crippen LogP contribution in [-0.2, 0) is 0 Å².